The number of hydrogen-bond donors (Lipinski definition) is 3. The van der Waals surface area contributed by atoms with Crippen LogP contribution < -0.4 is 16.0 Å². The molecule has 6 nitrogen and oxygen atoms in total. The number of ether oxygens (including phenoxy) is 1. The lowest BCUT2D eigenvalue weighted by Gasteiger charge is -2.22. The Bertz CT molecular complexity index is 693. The second kappa shape index (κ2) is 15.3. The van der Waals surface area contributed by atoms with Crippen molar-refractivity contribution in [2.24, 2.45) is 4.99 Å². The summed E-state index contributed by atoms with van der Waals surface area (Å²) in [5.74, 6) is 0.670. The maximum Gasteiger partial charge on any atom is 0.411 e. The molecule has 0 aliphatic heterocycles. The number of benzene rings is 1. The van der Waals surface area contributed by atoms with Crippen molar-refractivity contribution in [1.29, 1.82) is 0 Å². The van der Waals surface area contributed by atoms with Crippen molar-refractivity contribution in [3.63, 3.8) is 0 Å². The zero-order chi connectivity index (χ0) is 22.5. The first kappa shape index (κ1) is 28.5. The maximum atomic E-state index is 12.1. The molecule has 0 heterocycles. The number of guanidine groups is 1. The van der Waals surface area contributed by atoms with E-state index in [4.69, 9.17) is 0 Å². The molecule has 0 bridgehead atoms. The third kappa shape index (κ3) is 12.5. The third-order valence-corrected chi connectivity index (χ3v) is 4.94. The van der Waals surface area contributed by atoms with Gasteiger partial charge < -0.3 is 20.7 Å². The van der Waals surface area contributed by atoms with Gasteiger partial charge in [0.1, 0.15) is 6.61 Å². The van der Waals surface area contributed by atoms with E-state index < -0.39 is 12.8 Å². The summed E-state index contributed by atoms with van der Waals surface area (Å²) in [7, 11) is 0. The van der Waals surface area contributed by atoms with Gasteiger partial charge in [0.25, 0.3) is 0 Å². The summed E-state index contributed by atoms with van der Waals surface area (Å²) in [6.07, 6.45) is 1.82. The van der Waals surface area contributed by atoms with Crippen molar-refractivity contribution in [3.8, 4) is 0 Å². The van der Waals surface area contributed by atoms with Gasteiger partial charge in [-0.3, -0.25) is 4.79 Å². The number of hydrogen-bond acceptors (Lipinski definition) is 3. The highest BCUT2D eigenvalue weighted by Gasteiger charge is 2.27. The Morgan fingerprint density at radius 1 is 1.09 bits per heavy atom. The maximum absolute atomic E-state index is 12.1. The molecule has 0 atom stereocenters. The minimum atomic E-state index is -4.32. The Kier molecular flexibility index (Phi) is 13.6. The normalized spacial score (nSPS) is 15.1. The standard InChI is InChI=1S/C22H33F3N4O2.HI/c1-2-26-21(27-13-12-20(30)29-19-6-4-3-5-7-19)28-14-17-8-10-18(11-9-17)15-31-16-22(23,24)25;/h8-11,19H,2-7,12-16H2,1H3,(H,29,30)(H2,26,27,28);1H. The van der Waals surface area contributed by atoms with Crippen LogP contribution in [-0.2, 0) is 22.7 Å². The van der Waals surface area contributed by atoms with Crippen molar-refractivity contribution in [3.05, 3.63) is 35.4 Å². The lowest BCUT2D eigenvalue weighted by atomic mass is 9.95. The topological polar surface area (TPSA) is 74.8 Å². The van der Waals surface area contributed by atoms with Crippen LogP contribution >= 0.6 is 24.0 Å². The van der Waals surface area contributed by atoms with Gasteiger partial charge in [-0.05, 0) is 30.9 Å². The molecule has 0 aromatic heterocycles. The predicted octanol–water partition coefficient (Wildman–Crippen LogP) is 4.28. The highest BCUT2D eigenvalue weighted by Crippen LogP contribution is 2.17. The first-order chi connectivity index (χ1) is 14.9. The lowest BCUT2D eigenvalue weighted by molar-refractivity contribution is -0.176. The van der Waals surface area contributed by atoms with Gasteiger partial charge in [-0.25, -0.2) is 4.99 Å². The van der Waals surface area contributed by atoms with Crippen molar-refractivity contribution in [2.75, 3.05) is 19.7 Å². The molecule has 32 heavy (non-hydrogen) atoms. The number of carbonyl (C=O) groups is 1. The van der Waals surface area contributed by atoms with Crippen LogP contribution in [0.1, 0.15) is 56.6 Å². The molecule has 0 radical (unpaired) electrons. The fourth-order valence-corrected chi connectivity index (χ4v) is 3.38. The van der Waals surface area contributed by atoms with Crippen LogP contribution in [0.5, 0.6) is 0 Å². The SMILES string of the molecule is CCNC(=NCc1ccc(COCC(F)(F)F)cc1)NCCC(=O)NC1CCCCC1.I. The zero-order valence-electron chi connectivity index (χ0n) is 18.5. The van der Waals surface area contributed by atoms with E-state index in [0.717, 1.165) is 18.4 Å². The average molecular weight is 570 g/mol. The molecule has 0 unspecified atom stereocenters. The van der Waals surface area contributed by atoms with Gasteiger partial charge in [0.2, 0.25) is 5.91 Å². The molecule has 1 fully saturated rings. The van der Waals surface area contributed by atoms with Crippen molar-refractivity contribution in [1.82, 2.24) is 16.0 Å². The molecule has 1 aromatic rings. The molecular formula is C22H34F3IN4O2. The molecular weight excluding hydrogens is 536 g/mol. The molecule has 1 amide bonds. The van der Waals surface area contributed by atoms with Crippen LogP contribution in [0.3, 0.4) is 0 Å². The fourth-order valence-electron chi connectivity index (χ4n) is 3.38. The quantitative estimate of drug-likeness (QED) is 0.223. The summed E-state index contributed by atoms with van der Waals surface area (Å²) in [5.41, 5.74) is 1.60. The van der Waals surface area contributed by atoms with Crippen LogP contribution in [0.2, 0.25) is 0 Å². The smallest absolute Gasteiger partial charge is 0.367 e. The van der Waals surface area contributed by atoms with Crippen molar-refractivity contribution >= 4 is 35.8 Å². The Morgan fingerprint density at radius 3 is 2.38 bits per heavy atom. The molecule has 1 aromatic carbocycles. The Balaban J connectivity index is 0.00000512. The molecule has 2 rings (SSSR count). The van der Waals surface area contributed by atoms with Gasteiger partial charge in [-0.15, -0.1) is 24.0 Å². The highest BCUT2D eigenvalue weighted by molar-refractivity contribution is 14.0. The largest absolute Gasteiger partial charge is 0.411 e. The minimum Gasteiger partial charge on any atom is -0.367 e. The van der Waals surface area contributed by atoms with Gasteiger partial charge in [-0.1, -0.05) is 43.5 Å². The number of aliphatic imine (C=N–C) groups is 1. The zero-order valence-corrected chi connectivity index (χ0v) is 20.8. The molecule has 1 aliphatic carbocycles. The van der Waals surface area contributed by atoms with Gasteiger partial charge in [-0.2, -0.15) is 13.2 Å². The predicted molar refractivity (Wildman–Crippen MR) is 130 cm³/mol. The highest BCUT2D eigenvalue weighted by atomic mass is 127. The summed E-state index contributed by atoms with van der Waals surface area (Å²) in [6.45, 7) is 2.21. The number of alkyl halides is 3. The molecule has 1 saturated carbocycles. The third-order valence-electron chi connectivity index (χ3n) is 4.94. The number of rotatable bonds is 10. The summed E-state index contributed by atoms with van der Waals surface area (Å²) < 4.78 is 41.0. The van der Waals surface area contributed by atoms with E-state index in [0.29, 0.717) is 43.6 Å². The number of nitrogens with one attached hydrogen (secondary N) is 3. The Morgan fingerprint density at radius 2 is 1.75 bits per heavy atom. The average Bonchev–Trinajstić information content (AvgIpc) is 2.73. The first-order valence-corrected chi connectivity index (χ1v) is 10.9. The second-order valence-corrected chi connectivity index (χ2v) is 7.70. The van der Waals surface area contributed by atoms with Gasteiger partial charge in [0.05, 0.1) is 13.2 Å². The van der Waals surface area contributed by atoms with Crippen LogP contribution in [0.15, 0.2) is 29.3 Å². The molecule has 3 N–H and O–H groups in total. The van der Waals surface area contributed by atoms with Gasteiger partial charge in [0.15, 0.2) is 5.96 Å². The van der Waals surface area contributed by atoms with Crippen LogP contribution in [0.25, 0.3) is 0 Å². The molecule has 10 heteroatoms. The Labute approximate surface area is 205 Å². The lowest BCUT2D eigenvalue weighted by Crippen LogP contribution is -2.41. The van der Waals surface area contributed by atoms with E-state index in [-0.39, 0.29) is 36.5 Å². The van der Waals surface area contributed by atoms with E-state index >= 15 is 0 Å². The van der Waals surface area contributed by atoms with Crippen LogP contribution in [-0.4, -0.2) is 43.8 Å². The summed E-state index contributed by atoms with van der Waals surface area (Å²) in [6, 6.07) is 7.41. The molecule has 0 spiro atoms. The fraction of sp³-hybridized carbons (Fsp3) is 0.636. The van der Waals surface area contributed by atoms with Crippen LogP contribution in [0.4, 0.5) is 13.2 Å². The van der Waals surface area contributed by atoms with E-state index in [1.165, 1.54) is 19.3 Å². The Hall–Kier alpha value is -1.56. The summed E-state index contributed by atoms with van der Waals surface area (Å²) in [4.78, 5) is 16.6. The number of carbonyl (C=O) groups excluding carboxylic acids is 1. The molecule has 182 valence electrons. The number of halogens is 4. The van der Waals surface area contributed by atoms with E-state index in [9.17, 15) is 18.0 Å². The van der Waals surface area contributed by atoms with E-state index in [2.05, 4.69) is 25.7 Å². The molecule has 0 saturated heterocycles. The van der Waals surface area contributed by atoms with Crippen LogP contribution in [0, 0.1) is 0 Å². The monoisotopic (exact) mass is 570 g/mol. The summed E-state index contributed by atoms with van der Waals surface area (Å²) >= 11 is 0. The van der Waals surface area contributed by atoms with Gasteiger partial charge >= 0.3 is 6.18 Å². The molecule has 1 aliphatic rings. The van der Waals surface area contributed by atoms with E-state index in [1.807, 2.05) is 19.1 Å². The van der Waals surface area contributed by atoms with E-state index in [1.54, 1.807) is 12.1 Å². The summed E-state index contributed by atoms with van der Waals surface area (Å²) in [5, 5.41) is 9.40. The first-order valence-electron chi connectivity index (χ1n) is 10.9. The number of amides is 1. The second-order valence-electron chi connectivity index (χ2n) is 7.70. The minimum absolute atomic E-state index is 0. The van der Waals surface area contributed by atoms with Crippen molar-refractivity contribution < 1.29 is 22.7 Å². The van der Waals surface area contributed by atoms with Gasteiger partial charge in [0, 0.05) is 25.6 Å². The number of nitrogens with zero attached hydrogens (tertiary/aromatic N) is 1. The van der Waals surface area contributed by atoms with Crippen molar-refractivity contribution in [2.45, 2.75) is 70.8 Å².